The summed E-state index contributed by atoms with van der Waals surface area (Å²) in [7, 11) is 0. The van der Waals surface area contributed by atoms with Crippen LogP contribution in [0.25, 0.3) is 0 Å². The molecule has 0 saturated carbocycles. The molecule has 0 amide bonds. The maximum Gasteiger partial charge on any atom is 0.573 e. The summed E-state index contributed by atoms with van der Waals surface area (Å²) in [5.74, 6) is 0.114. The molecule has 0 fully saturated rings. The van der Waals surface area contributed by atoms with E-state index >= 15 is 0 Å². The van der Waals surface area contributed by atoms with Crippen LogP contribution in [0.2, 0.25) is 0 Å². The van der Waals surface area contributed by atoms with Gasteiger partial charge in [0.15, 0.2) is 5.96 Å². The molecule has 0 heterocycles. The standard InChI is InChI=1S/C15H22F3N3O2.HI/c1-2-22-11-3-9-20-14(19)21-10-8-12-4-6-13(7-5-12)23-15(16,17)18;/h4-7H,2-3,8-11H2,1H3,(H3,19,20,21);1H. The highest BCUT2D eigenvalue weighted by atomic mass is 127. The second-order valence-corrected chi connectivity index (χ2v) is 4.69. The van der Waals surface area contributed by atoms with Crippen molar-refractivity contribution in [1.82, 2.24) is 5.32 Å². The number of nitrogens with one attached hydrogen (secondary N) is 1. The Hall–Kier alpha value is -1.23. The minimum atomic E-state index is -4.67. The number of benzene rings is 1. The van der Waals surface area contributed by atoms with Crippen molar-refractivity contribution in [3.05, 3.63) is 29.8 Å². The highest BCUT2D eigenvalue weighted by Crippen LogP contribution is 2.22. The van der Waals surface area contributed by atoms with Crippen LogP contribution in [0.3, 0.4) is 0 Å². The predicted molar refractivity (Wildman–Crippen MR) is 97.8 cm³/mol. The van der Waals surface area contributed by atoms with Crippen LogP contribution in [0, 0.1) is 0 Å². The SMILES string of the molecule is CCOCCCN=C(N)NCCc1ccc(OC(F)(F)F)cc1.I. The highest BCUT2D eigenvalue weighted by molar-refractivity contribution is 14.0. The molecule has 0 aliphatic rings. The lowest BCUT2D eigenvalue weighted by Gasteiger charge is -2.09. The van der Waals surface area contributed by atoms with Crippen molar-refractivity contribution in [2.75, 3.05) is 26.3 Å². The van der Waals surface area contributed by atoms with Crippen LogP contribution in [-0.4, -0.2) is 38.6 Å². The second-order valence-electron chi connectivity index (χ2n) is 4.69. The first kappa shape index (κ1) is 22.8. The molecule has 138 valence electrons. The Morgan fingerprint density at radius 2 is 1.92 bits per heavy atom. The fourth-order valence-corrected chi connectivity index (χ4v) is 1.76. The second kappa shape index (κ2) is 12.2. The summed E-state index contributed by atoms with van der Waals surface area (Å²) in [6.07, 6.45) is -3.26. The Balaban J connectivity index is 0.00000529. The van der Waals surface area contributed by atoms with E-state index in [4.69, 9.17) is 10.5 Å². The molecule has 0 aliphatic carbocycles. The van der Waals surface area contributed by atoms with E-state index in [9.17, 15) is 13.2 Å². The highest BCUT2D eigenvalue weighted by Gasteiger charge is 2.30. The van der Waals surface area contributed by atoms with Gasteiger partial charge in [-0.05, 0) is 37.5 Å². The van der Waals surface area contributed by atoms with Gasteiger partial charge in [-0.25, -0.2) is 0 Å². The summed E-state index contributed by atoms with van der Waals surface area (Å²) < 4.78 is 45.1. The summed E-state index contributed by atoms with van der Waals surface area (Å²) >= 11 is 0. The van der Waals surface area contributed by atoms with E-state index in [1.54, 1.807) is 12.1 Å². The number of hydrogen-bond donors (Lipinski definition) is 2. The molecule has 0 atom stereocenters. The summed E-state index contributed by atoms with van der Waals surface area (Å²) in [6, 6.07) is 5.73. The van der Waals surface area contributed by atoms with Crippen LogP contribution < -0.4 is 15.8 Å². The Kier molecular flexibility index (Phi) is 11.6. The maximum atomic E-state index is 12.0. The molecule has 5 nitrogen and oxygen atoms in total. The lowest BCUT2D eigenvalue weighted by Crippen LogP contribution is -2.33. The van der Waals surface area contributed by atoms with Crippen molar-refractivity contribution >= 4 is 29.9 Å². The minimum Gasteiger partial charge on any atom is -0.406 e. The van der Waals surface area contributed by atoms with Gasteiger partial charge in [0.1, 0.15) is 5.75 Å². The third-order valence-corrected chi connectivity index (χ3v) is 2.81. The van der Waals surface area contributed by atoms with Gasteiger partial charge in [-0.15, -0.1) is 37.1 Å². The third kappa shape index (κ3) is 11.3. The number of guanidine groups is 1. The van der Waals surface area contributed by atoms with Gasteiger partial charge in [0.2, 0.25) is 0 Å². The van der Waals surface area contributed by atoms with Crippen LogP contribution in [0.5, 0.6) is 5.75 Å². The summed E-state index contributed by atoms with van der Waals surface area (Å²) in [5.41, 5.74) is 6.57. The Bertz CT molecular complexity index is 482. The van der Waals surface area contributed by atoms with Crippen molar-refractivity contribution < 1.29 is 22.6 Å². The normalized spacial score (nSPS) is 11.8. The molecular formula is C15H23F3IN3O2. The molecule has 9 heteroatoms. The van der Waals surface area contributed by atoms with Gasteiger partial charge in [-0.2, -0.15) is 0 Å². The lowest BCUT2D eigenvalue weighted by atomic mass is 10.1. The zero-order valence-electron chi connectivity index (χ0n) is 13.4. The van der Waals surface area contributed by atoms with Gasteiger partial charge >= 0.3 is 6.36 Å². The molecule has 24 heavy (non-hydrogen) atoms. The van der Waals surface area contributed by atoms with Crippen molar-refractivity contribution in [3.63, 3.8) is 0 Å². The monoisotopic (exact) mass is 461 g/mol. The fraction of sp³-hybridized carbons (Fsp3) is 0.533. The number of hydrogen-bond acceptors (Lipinski definition) is 3. The van der Waals surface area contributed by atoms with Gasteiger partial charge in [0, 0.05) is 26.3 Å². The molecule has 1 aromatic carbocycles. The van der Waals surface area contributed by atoms with Crippen molar-refractivity contribution in [1.29, 1.82) is 0 Å². The number of rotatable bonds is 9. The fourth-order valence-electron chi connectivity index (χ4n) is 1.76. The number of nitrogens with zero attached hydrogens (tertiary/aromatic N) is 1. The molecular weight excluding hydrogens is 438 g/mol. The number of halogens is 4. The van der Waals surface area contributed by atoms with Crippen molar-refractivity contribution in [2.24, 2.45) is 10.7 Å². The van der Waals surface area contributed by atoms with E-state index in [0.29, 0.717) is 38.7 Å². The summed E-state index contributed by atoms with van der Waals surface area (Å²) in [4.78, 5) is 4.14. The average Bonchev–Trinajstić information content (AvgIpc) is 2.47. The zero-order chi connectivity index (χ0) is 17.1. The van der Waals surface area contributed by atoms with E-state index in [-0.39, 0.29) is 29.7 Å². The number of alkyl halides is 3. The van der Waals surface area contributed by atoms with E-state index in [1.807, 2.05) is 6.92 Å². The largest absolute Gasteiger partial charge is 0.573 e. The summed E-state index contributed by atoms with van der Waals surface area (Å²) in [6.45, 7) is 4.40. The molecule has 3 N–H and O–H groups in total. The molecule has 0 aliphatic heterocycles. The molecule has 0 saturated heterocycles. The first-order valence-corrected chi connectivity index (χ1v) is 7.37. The minimum absolute atomic E-state index is 0. The zero-order valence-corrected chi connectivity index (χ0v) is 15.8. The number of ether oxygens (including phenoxy) is 2. The van der Waals surface area contributed by atoms with Gasteiger partial charge in [0.25, 0.3) is 0 Å². The van der Waals surface area contributed by atoms with Crippen LogP contribution >= 0.6 is 24.0 Å². The van der Waals surface area contributed by atoms with Gasteiger partial charge in [-0.3, -0.25) is 4.99 Å². The van der Waals surface area contributed by atoms with Crippen LogP contribution in [0.15, 0.2) is 29.3 Å². The molecule has 0 radical (unpaired) electrons. The smallest absolute Gasteiger partial charge is 0.406 e. The first-order chi connectivity index (χ1) is 10.9. The van der Waals surface area contributed by atoms with Gasteiger partial charge < -0.3 is 20.5 Å². The van der Waals surface area contributed by atoms with E-state index in [1.165, 1.54) is 12.1 Å². The topological polar surface area (TPSA) is 68.9 Å². The molecule has 0 unspecified atom stereocenters. The first-order valence-electron chi connectivity index (χ1n) is 7.37. The van der Waals surface area contributed by atoms with E-state index in [2.05, 4.69) is 15.0 Å². The Morgan fingerprint density at radius 1 is 1.25 bits per heavy atom. The third-order valence-electron chi connectivity index (χ3n) is 2.81. The van der Waals surface area contributed by atoms with Gasteiger partial charge in [-0.1, -0.05) is 12.1 Å². The lowest BCUT2D eigenvalue weighted by molar-refractivity contribution is -0.274. The van der Waals surface area contributed by atoms with Crippen LogP contribution in [0.1, 0.15) is 18.9 Å². The number of aliphatic imine (C=N–C) groups is 1. The van der Waals surface area contributed by atoms with Crippen LogP contribution in [0.4, 0.5) is 13.2 Å². The predicted octanol–water partition coefficient (Wildman–Crippen LogP) is 3.08. The van der Waals surface area contributed by atoms with Gasteiger partial charge in [0.05, 0.1) is 0 Å². The quantitative estimate of drug-likeness (QED) is 0.257. The molecule has 0 aromatic heterocycles. The van der Waals surface area contributed by atoms with E-state index < -0.39 is 6.36 Å². The Morgan fingerprint density at radius 3 is 2.50 bits per heavy atom. The van der Waals surface area contributed by atoms with E-state index in [0.717, 1.165) is 12.0 Å². The molecule has 0 bridgehead atoms. The maximum absolute atomic E-state index is 12.0. The molecule has 1 aromatic rings. The number of nitrogens with two attached hydrogens (primary N) is 1. The van der Waals surface area contributed by atoms with Crippen molar-refractivity contribution in [2.45, 2.75) is 26.1 Å². The van der Waals surface area contributed by atoms with Crippen LogP contribution in [-0.2, 0) is 11.2 Å². The Labute approximate surface area is 156 Å². The average molecular weight is 461 g/mol. The van der Waals surface area contributed by atoms with Crippen molar-refractivity contribution in [3.8, 4) is 5.75 Å². The molecule has 1 rings (SSSR count). The molecule has 0 spiro atoms. The summed E-state index contributed by atoms with van der Waals surface area (Å²) in [5, 5.41) is 2.95.